The summed E-state index contributed by atoms with van der Waals surface area (Å²) >= 11 is 0. The molecule has 0 aliphatic rings. The molecule has 1 rings (SSSR count). The van der Waals surface area contributed by atoms with Crippen molar-refractivity contribution in [3.63, 3.8) is 0 Å². The van der Waals surface area contributed by atoms with Crippen molar-refractivity contribution in [2.24, 2.45) is 0 Å². The minimum Gasteiger partial charge on any atom is -0.365 e. The van der Waals surface area contributed by atoms with Crippen LogP contribution in [0.5, 0.6) is 0 Å². The molecule has 0 saturated heterocycles. The largest absolute Gasteiger partial charge is 0.365 e. The fraction of sp³-hybridized carbons (Fsp3) is 0.692. The summed E-state index contributed by atoms with van der Waals surface area (Å²) in [5, 5.41) is 3.47. The number of hydrogen-bond acceptors (Lipinski definition) is 3. The predicted octanol–water partition coefficient (Wildman–Crippen LogP) is 3.42. The lowest BCUT2D eigenvalue weighted by atomic mass is 9.99. The van der Waals surface area contributed by atoms with Gasteiger partial charge in [0.2, 0.25) is 0 Å². The first kappa shape index (κ1) is 12.9. The van der Waals surface area contributed by atoms with Crippen LogP contribution >= 0.6 is 0 Å². The standard InChI is InChI=1S/C13H23N3/c1-5-7-11-9-12(15-10-14-11)16-13(3,4)8-6-2/h9-10H,5-8H2,1-4H3,(H,14,15,16). The van der Waals surface area contributed by atoms with E-state index >= 15 is 0 Å². The number of aromatic nitrogens is 2. The van der Waals surface area contributed by atoms with Gasteiger partial charge in [-0.05, 0) is 26.7 Å². The van der Waals surface area contributed by atoms with Gasteiger partial charge in [0.1, 0.15) is 12.1 Å². The van der Waals surface area contributed by atoms with Crippen LogP contribution in [0.4, 0.5) is 5.82 Å². The van der Waals surface area contributed by atoms with Gasteiger partial charge in [0.25, 0.3) is 0 Å². The molecule has 0 amide bonds. The van der Waals surface area contributed by atoms with E-state index < -0.39 is 0 Å². The zero-order valence-electron chi connectivity index (χ0n) is 10.9. The Balaban J connectivity index is 2.69. The van der Waals surface area contributed by atoms with E-state index in [-0.39, 0.29) is 5.54 Å². The molecule has 1 heterocycles. The normalized spacial score (nSPS) is 11.5. The SMILES string of the molecule is CCCc1cc(NC(C)(C)CCC)ncn1. The molecule has 0 spiro atoms. The zero-order chi connectivity index (χ0) is 12.0. The Bertz CT molecular complexity index is 321. The van der Waals surface area contributed by atoms with E-state index in [1.54, 1.807) is 6.33 Å². The summed E-state index contributed by atoms with van der Waals surface area (Å²) in [5.74, 6) is 0.942. The smallest absolute Gasteiger partial charge is 0.130 e. The first-order valence-electron chi connectivity index (χ1n) is 6.16. The van der Waals surface area contributed by atoms with Crippen molar-refractivity contribution in [3.05, 3.63) is 18.1 Å². The van der Waals surface area contributed by atoms with Crippen LogP contribution in [0.1, 0.15) is 52.7 Å². The molecular weight excluding hydrogens is 198 g/mol. The van der Waals surface area contributed by atoms with Crippen LogP contribution < -0.4 is 5.32 Å². The van der Waals surface area contributed by atoms with Crippen molar-refractivity contribution in [1.82, 2.24) is 9.97 Å². The molecule has 0 radical (unpaired) electrons. The highest BCUT2D eigenvalue weighted by atomic mass is 15.1. The minimum absolute atomic E-state index is 0.104. The Morgan fingerprint density at radius 3 is 2.56 bits per heavy atom. The van der Waals surface area contributed by atoms with Gasteiger partial charge in [-0.3, -0.25) is 0 Å². The maximum absolute atomic E-state index is 4.27. The second-order valence-corrected chi connectivity index (χ2v) is 4.90. The lowest BCUT2D eigenvalue weighted by Gasteiger charge is -2.26. The van der Waals surface area contributed by atoms with Crippen LogP contribution in [0.25, 0.3) is 0 Å². The minimum atomic E-state index is 0.104. The van der Waals surface area contributed by atoms with E-state index in [0.717, 1.165) is 30.8 Å². The molecular formula is C13H23N3. The molecule has 0 aliphatic heterocycles. The van der Waals surface area contributed by atoms with Crippen molar-refractivity contribution in [2.75, 3.05) is 5.32 Å². The van der Waals surface area contributed by atoms with Gasteiger partial charge in [-0.25, -0.2) is 9.97 Å². The molecule has 1 aromatic rings. The molecule has 1 aromatic heterocycles. The quantitative estimate of drug-likeness (QED) is 0.799. The highest BCUT2D eigenvalue weighted by molar-refractivity contribution is 5.37. The molecule has 1 N–H and O–H groups in total. The average molecular weight is 221 g/mol. The summed E-state index contributed by atoms with van der Waals surface area (Å²) in [6.07, 6.45) is 6.10. The maximum Gasteiger partial charge on any atom is 0.130 e. The molecule has 0 bridgehead atoms. The molecule has 3 nitrogen and oxygen atoms in total. The van der Waals surface area contributed by atoms with Gasteiger partial charge in [-0.1, -0.05) is 26.7 Å². The molecule has 90 valence electrons. The number of aryl methyl sites for hydroxylation is 1. The number of nitrogens with one attached hydrogen (secondary N) is 1. The van der Waals surface area contributed by atoms with Crippen molar-refractivity contribution >= 4 is 5.82 Å². The van der Waals surface area contributed by atoms with Crippen molar-refractivity contribution in [2.45, 2.75) is 58.9 Å². The van der Waals surface area contributed by atoms with E-state index in [4.69, 9.17) is 0 Å². The van der Waals surface area contributed by atoms with Gasteiger partial charge in [0.05, 0.1) is 0 Å². The first-order valence-corrected chi connectivity index (χ1v) is 6.16. The fourth-order valence-electron chi connectivity index (χ4n) is 1.89. The highest BCUT2D eigenvalue weighted by Crippen LogP contribution is 2.18. The van der Waals surface area contributed by atoms with Gasteiger partial charge >= 0.3 is 0 Å². The number of hydrogen-bond donors (Lipinski definition) is 1. The van der Waals surface area contributed by atoms with Crippen LogP contribution in [-0.4, -0.2) is 15.5 Å². The van der Waals surface area contributed by atoms with Gasteiger partial charge in [-0.15, -0.1) is 0 Å². The summed E-state index contributed by atoms with van der Waals surface area (Å²) in [5.41, 5.74) is 1.22. The van der Waals surface area contributed by atoms with Crippen LogP contribution in [0.3, 0.4) is 0 Å². The monoisotopic (exact) mass is 221 g/mol. The van der Waals surface area contributed by atoms with Crippen molar-refractivity contribution in [3.8, 4) is 0 Å². The van der Waals surface area contributed by atoms with E-state index in [0.29, 0.717) is 0 Å². The Hall–Kier alpha value is -1.12. The number of nitrogens with zero attached hydrogens (tertiary/aromatic N) is 2. The first-order chi connectivity index (χ1) is 7.57. The van der Waals surface area contributed by atoms with Crippen LogP contribution in [0.2, 0.25) is 0 Å². The zero-order valence-corrected chi connectivity index (χ0v) is 10.9. The summed E-state index contributed by atoms with van der Waals surface area (Å²) in [4.78, 5) is 8.52. The highest BCUT2D eigenvalue weighted by Gasteiger charge is 2.16. The van der Waals surface area contributed by atoms with Crippen molar-refractivity contribution < 1.29 is 0 Å². The molecule has 0 atom stereocenters. The average Bonchev–Trinajstić information content (AvgIpc) is 2.17. The Morgan fingerprint density at radius 2 is 1.94 bits per heavy atom. The maximum atomic E-state index is 4.27. The fourth-order valence-corrected chi connectivity index (χ4v) is 1.89. The summed E-state index contributed by atoms with van der Waals surface area (Å²) < 4.78 is 0. The predicted molar refractivity (Wildman–Crippen MR) is 68.6 cm³/mol. The van der Waals surface area contributed by atoms with E-state index in [2.05, 4.69) is 49.0 Å². The third kappa shape index (κ3) is 4.17. The number of rotatable bonds is 6. The lowest BCUT2D eigenvalue weighted by Crippen LogP contribution is -2.31. The Morgan fingerprint density at radius 1 is 1.19 bits per heavy atom. The summed E-state index contributed by atoms with van der Waals surface area (Å²) in [7, 11) is 0. The summed E-state index contributed by atoms with van der Waals surface area (Å²) in [6.45, 7) is 8.78. The Kier molecular flexibility index (Phi) is 4.71. The van der Waals surface area contributed by atoms with Crippen molar-refractivity contribution in [1.29, 1.82) is 0 Å². The van der Waals surface area contributed by atoms with Gasteiger partial charge in [0, 0.05) is 17.3 Å². The van der Waals surface area contributed by atoms with Gasteiger partial charge in [0.15, 0.2) is 0 Å². The molecule has 0 fully saturated rings. The Labute approximate surface area is 98.7 Å². The van der Waals surface area contributed by atoms with Crippen LogP contribution in [-0.2, 0) is 6.42 Å². The molecule has 0 unspecified atom stereocenters. The second kappa shape index (κ2) is 5.83. The second-order valence-electron chi connectivity index (χ2n) is 4.90. The van der Waals surface area contributed by atoms with E-state index in [9.17, 15) is 0 Å². The van der Waals surface area contributed by atoms with Crippen LogP contribution in [0, 0.1) is 0 Å². The topological polar surface area (TPSA) is 37.8 Å². The third-order valence-electron chi connectivity index (χ3n) is 2.57. The van der Waals surface area contributed by atoms with Crippen LogP contribution in [0.15, 0.2) is 12.4 Å². The molecule has 0 saturated carbocycles. The molecule has 0 aliphatic carbocycles. The van der Waals surface area contributed by atoms with Gasteiger partial charge < -0.3 is 5.32 Å². The van der Waals surface area contributed by atoms with E-state index in [1.165, 1.54) is 6.42 Å². The summed E-state index contributed by atoms with van der Waals surface area (Å²) in [6, 6.07) is 2.06. The number of anilines is 1. The molecule has 16 heavy (non-hydrogen) atoms. The van der Waals surface area contributed by atoms with E-state index in [1.807, 2.05) is 0 Å². The van der Waals surface area contributed by atoms with Gasteiger partial charge in [-0.2, -0.15) is 0 Å². The lowest BCUT2D eigenvalue weighted by molar-refractivity contribution is 0.509. The molecule has 0 aromatic carbocycles. The molecule has 3 heteroatoms. The third-order valence-corrected chi connectivity index (χ3v) is 2.57.